The molecule has 0 amide bonds. The minimum Gasteiger partial charge on any atom is -0.457 e. The average Bonchev–Trinajstić information content (AvgIpc) is 2.62. The van der Waals surface area contributed by atoms with Crippen molar-refractivity contribution in [1.29, 1.82) is 0 Å². The van der Waals surface area contributed by atoms with Crippen LogP contribution in [0.3, 0.4) is 0 Å². The van der Waals surface area contributed by atoms with Crippen LogP contribution in [-0.2, 0) is 11.3 Å². The fraction of sp³-hybridized carbons (Fsp3) is 0.300. The summed E-state index contributed by atoms with van der Waals surface area (Å²) in [7, 11) is 0. The molecule has 1 aromatic heterocycles. The predicted molar refractivity (Wildman–Crippen MR) is 58.8 cm³/mol. The van der Waals surface area contributed by atoms with Crippen LogP contribution in [-0.4, -0.2) is 28.4 Å². The molecule has 0 unspecified atom stereocenters. The van der Waals surface area contributed by atoms with E-state index in [1.54, 1.807) is 6.92 Å². The van der Waals surface area contributed by atoms with Gasteiger partial charge in [0.15, 0.2) is 12.0 Å². The van der Waals surface area contributed by atoms with Gasteiger partial charge >= 0.3 is 5.97 Å². The molecule has 0 aliphatic heterocycles. The van der Waals surface area contributed by atoms with Gasteiger partial charge in [-0.3, -0.25) is 4.79 Å². The SMILES string of the molecule is C=CCOC(=O)c1c(C=O)nc(Cl)n1CC. The molecule has 0 spiro atoms. The Morgan fingerprint density at radius 1 is 1.69 bits per heavy atom. The monoisotopic (exact) mass is 242 g/mol. The topological polar surface area (TPSA) is 61.2 Å². The number of aldehydes is 1. The molecule has 1 heterocycles. The molecule has 5 nitrogen and oxygen atoms in total. The number of esters is 1. The zero-order valence-corrected chi connectivity index (χ0v) is 9.53. The molecule has 0 N–H and O–H groups in total. The number of imidazole rings is 1. The molecule has 16 heavy (non-hydrogen) atoms. The second-order valence-electron chi connectivity index (χ2n) is 2.86. The summed E-state index contributed by atoms with van der Waals surface area (Å²) >= 11 is 5.77. The summed E-state index contributed by atoms with van der Waals surface area (Å²) in [6.07, 6.45) is 1.91. The smallest absolute Gasteiger partial charge is 0.357 e. The van der Waals surface area contributed by atoms with E-state index in [1.807, 2.05) is 0 Å². The molecule has 0 atom stereocenters. The summed E-state index contributed by atoms with van der Waals surface area (Å²) in [6.45, 7) is 5.71. The van der Waals surface area contributed by atoms with Crippen molar-refractivity contribution in [3.05, 3.63) is 29.3 Å². The van der Waals surface area contributed by atoms with Crippen LogP contribution >= 0.6 is 11.6 Å². The summed E-state index contributed by atoms with van der Waals surface area (Å²) < 4.78 is 6.25. The van der Waals surface area contributed by atoms with Crippen LogP contribution in [0.2, 0.25) is 5.28 Å². The van der Waals surface area contributed by atoms with Crippen molar-refractivity contribution in [1.82, 2.24) is 9.55 Å². The van der Waals surface area contributed by atoms with Gasteiger partial charge in [0.1, 0.15) is 12.3 Å². The lowest BCUT2D eigenvalue weighted by Gasteiger charge is -2.05. The Kier molecular flexibility index (Phi) is 4.25. The number of nitrogens with zero attached hydrogens (tertiary/aromatic N) is 2. The maximum absolute atomic E-state index is 11.6. The number of ether oxygens (including phenoxy) is 1. The molecule has 6 heteroatoms. The van der Waals surface area contributed by atoms with Crippen molar-refractivity contribution in [2.75, 3.05) is 6.61 Å². The minimum atomic E-state index is -0.636. The summed E-state index contributed by atoms with van der Waals surface area (Å²) in [5, 5.41) is 0.0927. The Morgan fingerprint density at radius 3 is 2.88 bits per heavy atom. The van der Waals surface area contributed by atoms with Gasteiger partial charge in [-0.15, -0.1) is 0 Å². The molecular weight excluding hydrogens is 232 g/mol. The van der Waals surface area contributed by atoms with E-state index in [0.29, 0.717) is 12.8 Å². The number of hydrogen-bond acceptors (Lipinski definition) is 4. The Bertz CT molecular complexity index is 426. The lowest BCUT2D eigenvalue weighted by molar-refractivity contribution is 0.0535. The number of carbonyl (C=O) groups excluding carboxylic acids is 2. The zero-order valence-electron chi connectivity index (χ0n) is 8.77. The van der Waals surface area contributed by atoms with E-state index in [-0.39, 0.29) is 23.3 Å². The van der Waals surface area contributed by atoms with Gasteiger partial charge in [-0.1, -0.05) is 12.7 Å². The number of halogens is 1. The fourth-order valence-electron chi connectivity index (χ4n) is 1.23. The van der Waals surface area contributed by atoms with Crippen molar-refractivity contribution < 1.29 is 14.3 Å². The van der Waals surface area contributed by atoms with E-state index >= 15 is 0 Å². The molecule has 1 rings (SSSR count). The van der Waals surface area contributed by atoms with Crippen LogP contribution in [0.1, 0.15) is 27.9 Å². The lowest BCUT2D eigenvalue weighted by Crippen LogP contribution is -2.13. The maximum Gasteiger partial charge on any atom is 0.357 e. The first-order valence-corrected chi connectivity index (χ1v) is 5.02. The van der Waals surface area contributed by atoms with E-state index < -0.39 is 5.97 Å². The average molecular weight is 243 g/mol. The Hall–Kier alpha value is -1.62. The number of hydrogen-bond donors (Lipinski definition) is 0. The van der Waals surface area contributed by atoms with Gasteiger partial charge in [0.2, 0.25) is 5.28 Å². The molecule has 0 saturated heterocycles. The lowest BCUT2D eigenvalue weighted by atomic mass is 10.3. The van der Waals surface area contributed by atoms with Gasteiger partial charge in [-0.05, 0) is 18.5 Å². The van der Waals surface area contributed by atoms with Crippen LogP contribution in [0.25, 0.3) is 0 Å². The van der Waals surface area contributed by atoms with Crippen LogP contribution < -0.4 is 0 Å². The van der Waals surface area contributed by atoms with Gasteiger partial charge < -0.3 is 9.30 Å². The molecule has 0 saturated carbocycles. The molecule has 0 fully saturated rings. The second-order valence-corrected chi connectivity index (χ2v) is 3.20. The molecule has 0 aliphatic carbocycles. The van der Waals surface area contributed by atoms with Gasteiger partial charge in [0.05, 0.1) is 0 Å². The summed E-state index contributed by atoms with van der Waals surface area (Å²) in [4.78, 5) is 26.1. The van der Waals surface area contributed by atoms with Crippen molar-refractivity contribution in [2.45, 2.75) is 13.5 Å². The highest BCUT2D eigenvalue weighted by molar-refractivity contribution is 6.29. The summed E-state index contributed by atoms with van der Waals surface area (Å²) in [5.41, 5.74) is 0.0604. The van der Waals surface area contributed by atoms with Crippen molar-refractivity contribution in [3.8, 4) is 0 Å². The highest BCUT2D eigenvalue weighted by Gasteiger charge is 2.22. The normalized spacial score (nSPS) is 9.88. The maximum atomic E-state index is 11.6. The third kappa shape index (κ3) is 2.30. The van der Waals surface area contributed by atoms with Crippen molar-refractivity contribution >= 4 is 23.9 Å². The predicted octanol–water partition coefficient (Wildman–Crippen LogP) is 1.71. The molecule has 0 bridgehead atoms. The second kappa shape index (κ2) is 5.46. The zero-order chi connectivity index (χ0) is 12.1. The molecule has 0 aromatic carbocycles. The van der Waals surface area contributed by atoms with Crippen LogP contribution in [0.4, 0.5) is 0 Å². The van der Waals surface area contributed by atoms with Crippen molar-refractivity contribution in [3.63, 3.8) is 0 Å². The number of carbonyl (C=O) groups is 2. The third-order valence-electron chi connectivity index (χ3n) is 1.90. The highest BCUT2D eigenvalue weighted by Crippen LogP contribution is 2.16. The molecule has 0 radical (unpaired) electrons. The minimum absolute atomic E-state index is 0.0130. The summed E-state index contributed by atoms with van der Waals surface area (Å²) in [5.74, 6) is -0.636. The quantitative estimate of drug-likeness (QED) is 0.448. The largest absolute Gasteiger partial charge is 0.457 e. The first kappa shape index (κ1) is 12.4. The molecule has 1 aromatic rings. The first-order chi connectivity index (χ1) is 7.65. The Morgan fingerprint density at radius 2 is 2.38 bits per heavy atom. The van der Waals surface area contributed by atoms with Crippen LogP contribution in [0.15, 0.2) is 12.7 Å². The van der Waals surface area contributed by atoms with Crippen molar-refractivity contribution in [2.24, 2.45) is 0 Å². The Labute approximate surface area is 97.7 Å². The van der Waals surface area contributed by atoms with E-state index in [0.717, 1.165) is 0 Å². The number of rotatable bonds is 5. The van der Waals surface area contributed by atoms with E-state index in [1.165, 1.54) is 10.6 Å². The van der Waals surface area contributed by atoms with Gasteiger partial charge in [-0.25, -0.2) is 9.78 Å². The van der Waals surface area contributed by atoms with E-state index in [9.17, 15) is 9.59 Å². The molecular formula is C10H11ClN2O3. The van der Waals surface area contributed by atoms with Gasteiger partial charge in [0, 0.05) is 6.54 Å². The van der Waals surface area contributed by atoms with Crippen LogP contribution in [0.5, 0.6) is 0 Å². The third-order valence-corrected chi connectivity index (χ3v) is 2.19. The van der Waals surface area contributed by atoms with Gasteiger partial charge in [0.25, 0.3) is 0 Å². The fourth-order valence-corrected chi connectivity index (χ4v) is 1.53. The Balaban J connectivity index is 3.13. The molecule has 86 valence electrons. The van der Waals surface area contributed by atoms with Crippen LogP contribution in [0, 0.1) is 0 Å². The first-order valence-electron chi connectivity index (χ1n) is 4.64. The highest BCUT2D eigenvalue weighted by atomic mass is 35.5. The van der Waals surface area contributed by atoms with E-state index in [2.05, 4.69) is 11.6 Å². The standard InChI is InChI=1S/C10H11ClN2O3/c1-3-5-16-9(15)8-7(6-14)12-10(11)13(8)4-2/h3,6H,1,4-5H2,2H3. The summed E-state index contributed by atoms with van der Waals surface area (Å²) in [6, 6.07) is 0. The molecule has 0 aliphatic rings. The number of aromatic nitrogens is 2. The van der Waals surface area contributed by atoms with Gasteiger partial charge in [-0.2, -0.15) is 0 Å². The van der Waals surface area contributed by atoms with E-state index in [4.69, 9.17) is 16.3 Å².